The number of hydrogen-bond donors (Lipinski definition) is 1. The minimum atomic E-state index is -0.908. The number of hydrogen-bond acceptors (Lipinski definition) is 2. The third-order valence-corrected chi connectivity index (χ3v) is 3.93. The molecule has 0 fully saturated rings. The van der Waals surface area contributed by atoms with Gasteiger partial charge in [-0.2, -0.15) is 0 Å². The van der Waals surface area contributed by atoms with Gasteiger partial charge in [-0.15, -0.1) is 0 Å². The highest BCUT2D eigenvalue weighted by atomic mass is 32.2. The Bertz CT molecular complexity index is 511. The van der Waals surface area contributed by atoms with E-state index in [9.17, 15) is 9.00 Å². The molecule has 1 aromatic rings. The van der Waals surface area contributed by atoms with E-state index in [1.54, 1.807) is 6.26 Å². The van der Waals surface area contributed by atoms with Gasteiger partial charge >= 0.3 is 0 Å². The second-order valence-electron chi connectivity index (χ2n) is 4.89. The lowest BCUT2D eigenvalue weighted by atomic mass is 10.0. The molecule has 0 heterocycles. The van der Waals surface area contributed by atoms with Gasteiger partial charge in [-0.1, -0.05) is 30.4 Å². The highest BCUT2D eigenvalue weighted by molar-refractivity contribution is 7.83. The van der Waals surface area contributed by atoms with Gasteiger partial charge < -0.3 is 5.32 Å². The Morgan fingerprint density at radius 3 is 2.89 bits per heavy atom. The maximum atomic E-state index is 12.0. The quantitative estimate of drug-likeness (QED) is 0.841. The van der Waals surface area contributed by atoms with Gasteiger partial charge in [-0.05, 0) is 30.4 Å². The standard InChI is InChI=1S/C15H19NO2S/c1-19(18)11-13-8-4-5-9-14(13)16-15(17)10-12-6-2-3-7-12/h2,4-6,8-9,12H,3,7,10-11H2,1H3,(H,16,17). The molecule has 0 spiro atoms. The second kappa shape index (κ2) is 6.66. The molecule has 0 aliphatic heterocycles. The Labute approximate surface area is 116 Å². The SMILES string of the molecule is CS(=O)Cc1ccccc1NC(=O)CC1C=CCC1. The van der Waals surface area contributed by atoms with Gasteiger partial charge in [0.25, 0.3) is 0 Å². The number of carbonyl (C=O) groups excluding carboxylic acids is 1. The van der Waals surface area contributed by atoms with Crippen LogP contribution >= 0.6 is 0 Å². The fourth-order valence-electron chi connectivity index (χ4n) is 2.29. The Hall–Kier alpha value is -1.42. The molecule has 0 bridgehead atoms. The first-order valence-corrected chi connectivity index (χ1v) is 8.22. The summed E-state index contributed by atoms with van der Waals surface area (Å²) in [7, 11) is -0.908. The molecule has 2 atom stereocenters. The summed E-state index contributed by atoms with van der Waals surface area (Å²) in [6.07, 6.45) is 8.58. The van der Waals surface area contributed by atoms with Crippen LogP contribution in [0.2, 0.25) is 0 Å². The molecule has 1 aromatic carbocycles. The highest BCUT2D eigenvalue weighted by Crippen LogP contribution is 2.22. The number of rotatable bonds is 5. The summed E-state index contributed by atoms with van der Waals surface area (Å²) in [5, 5.41) is 2.94. The van der Waals surface area contributed by atoms with Crippen LogP contribution in [0.3, 0.4) is 0 Å². The van der Waals surface area contributed by atoms with Crippen LogP contribution in [-0.2, 0) is 21.3 Å². The van der Waals surface area contributed by atoms with E-state index < -0.39 is 10.8 Å². The van der Waals surface area contributed by atoms with E-state index in [0.717, 1.165) is 24.1 Å². The van der Waals surface area contributed by atoms with Gasteiger partial charge in [0.2, 0.25) is 5.91 Å². The summed E-state index contributed by atoms with van der Waals surface area (Å²) in [5.41, 5.74) is 1.71. The highest BCUT2D eigenvalue weighted by Gasteiger charge is 2.15. The lowest BCUT2D eigenvalue weighted by molar-refractivity contribution is -0.116. The molecular formula is C15H19NO2S. The Morgan fingerprint density at radius 1 is 1.42 bits per heavy atom. The van der Waals surface area contributed by atoms with Crippen molar-refractivity contribution in [2.45, 2.75) is 25.0 Å². The van der Waals surface area contributed by atoms with E-state index in [2.05, 4.69) is 17.5 Å². The van der Waals surface area contributed by atoms with Crippen molar-refractivity contribution in [3.63, 3.8) is 0 Å². The number of nitrogens with one attached hydrogen (secondary N) is 1. The predicted octanol–water partition coefficient (Wildman–Crippen LogP) is 2.86. The van der Waals surface area contributed by atoms with Gasteiger partial charge in [0.15, 0.2) is 0 Å². The lowest BCUT2D eigenvalue weighted by Crippen LogP contribution is -2.16. The normalized spacial score (nSPS) is 19.3. The third-order valence-electron chi connectivity index (χ3n) is 3.21. The predicted molar refractivity (Wildman–Crippen MR) is 79.3 cm³/mol. The number of benzene rings is 1. The molecular weight excluding hydrogens is 258 g/mol. The van der Waals surface area contributed by atoms with Crippen LogP contribution < -0.4 is 5.32 Å². The largest absolute Gasteiger partial charge is 0.326 e. The van der Waals surface area contributed by atoms with Gasteiger partial charge in [-0.25, -0.2) is 0 Å². The number of anilines is 1. The Kier molecular flexibility index (Phi) is 4.91. The number of amides is 1. The van der Waals surface area contributed by atoms with E-state index >= 15 is 0 Å². The fourth-order valence-corrected chi connectivity index (χ4v) is 2.98. The van der Waals surface area contributed by atoms with Crippen molar-refractivity contribution in [1.82, 2.24) is 0 Å². The van der Waals surface area contributed by atoms with E-state index in [0.29, 0.717) is 18.1 Å². The van der Waals surface area contributed by atoms with Crippen molar-refractivity contribution in [2.75, 3.05) is 11.6 Å². The molecule has 2 unspecified atom stereocenters. The summed E-state index contributed by atoms with van der Waals surface area (Å²) in [6, 6.07) is 7.56. The lowest BCUT2D eigenvalue weighted by Gasteiger charge is -2.12. The minimum Gasteiger partial charge on any atom is -0.326 e. The molecule has 0 aromatic heterocycles. The van der Waals surface area contributed by atoms with Gasteiger partial charge in [0, 0.05) is 29.2 Å². The van der Waals surface area contributed by atoms with Crippen LogP contribution in [0.25, 0.3) is 0 Å². The maximum Gasteiger partial charge on any atom is 0.224 e. The first kappa shape index (κ1) is 14.0. The van der Waals surface area contributed by atoms with E-state index in [1.807, 2.05) is 24.3 Å². The topological polar surface area (TPSA) is 46.2 Å². The molecule has 102 valence electrons. The van der Waals surface area contributed by atoms with Crippen molar-refractivity contribution < 1.29 is 9.00 Å². The summed E-state index contributed by atoms with van der Waals surface area (Å²) >= 11 is 0. The van der Waals surface area contributed by atoms with Crippen LogP contribution in [0.5, 0.6) is 0 Å². The molecule has 0 radical (unpaired) electrons. The van der Waals surface area contributed by atoms with Crippen molar-refractivity contribution in [3.05, 3.63) is 42.0 Å². The Balaban J connectivity index is 1.99. The molecule has 2 rings (SSSR count). The average Bonchev–Trinajstić information content (AvgIpc) is 2.83. The zero-order valence-electron chi connectivity index (χ0n) is 11.1. The molecule has 0 saturated carbocycles. The van der Waals surface area contributed by atoms with Crippen molar-refractivity contribution in [1.29, 1.82) is 0 Å². The minimum absolute atomic E-state index is 0.0332. The van der Waals surface area contributed by atoms with Crippen LogP contribution in [-0.4, -0.2) is 16.4 Å². The molecule has 19 heavy (non-hydrogen) atoms. The van der Waals surface area contributed by atoms with Gasteiger partial charge in [-0.3, -0.25) is 9.00 Å². The molecule has 1 N–H and O–H groups in total. The summed E-state index contributed by atoms with van der Waals surface area (Å²) in [5.74, 6) is 0.873. The van der Waals surface area contributed by atoms with Crippen LogP contribution in [0.15, 0.2) is 36.4 Å². The number of para-hydroxylation sites is 1. The molecule has 1 aliphatic carbocycles. The van der Waals surface area contributed by atoms with Gasteiger partial charge in [0.1, 0.15) is 0 Å². The van der Waals surface area contributed by atoms with E-state index in [-0.39, 0.29) is 5.91 Å². The number of carbonyl (C=O) groups is 1. The molecule has 1 aliphatic rings. The fraction of sp³-hybridized carbons (Fsp3) is 0.400. The maximum absolute atomic E-state index is 12.0. The van der Waals surface area contributed by atoms with Gasteiger partial charge in [0.05, 0.1) is 5.75 Å². The van der Waals surface area contributed by atoms with E-state index in [4.69, 9.17) is 0 Å². The van der Waals surface area contributed by atoms with Crippen LogP contribution in [0, 0.1) is 5.92 Å². The first-order valence-electron chi connectivity index (χ1n) is 6.49. The smallest absolute Gasteiger partial charge is 0.224 e. The van der Waals surface area contributed by atoms with E-state index in [1.165, 1.54) is 0 Å². The third kappa shape index (κ3) is 4.31. The van der Waals surface area contributed by atoms with Crippen LogP contribution in [0.4, 0.5) is 5.69 Å². The number of allylic oxidation sites excluding steroid dienone is 2. The second-order valence-corrected chi connectivity index (χ2v) is 6.33. The van der Waals surface area contributed by atoms with Crippen molar-refractivity contribution >= 4 is 22.4 Å². The van der Waals surface area contributed by atoms with Crippen LogP contribution in [0.1, 0.15) is 24.8 Å². The Morgan fingerprint density at radius 2 is 2.21 bits per heavy atom. The summed E-state index contributed by atoms with van der Waals surface area (Å²) < 4.78 is 11.3. The first-order chi connectivity index (χ1) is 9.15. The molecule has 4 heteroatoms. The molecule has 1 amide bonds. The average molecular weight is 277 g/mol. The monoisotopic (exact) mass is 277 g/mol. The summed E-state index contributed by atoms with van der Waals surface area (Å²) in [4.78, 5) is 12.0. The summed E-state index contributed by atoms with van der Waals surface area (Å²) in [6.45, 7) is 0. The molecule has 0 saturated heterocycles. The van der Waals surface area contributed by atoms with Crippen molar-refractivity contribution in [2.24, 2.45) is 5.92 Å². The zero-order chi connectivity index (χ0) is 13.7. The van der Waals surface area contributed by atoms with Crippen molar-refractivity contribution in [3.8, 4) is 0 Å². The zero-order valence-corrected chi connectivity index (χ0v) is 11.9. The molecule has 3 nitrogen and oxygen atoms in total.